The monoisotopic (exact) mass is 311 g/mol. The zero-order chi connectivity index (χ0) is 15.0. The van der Waals surface area contributed by atoms with Gasteiger partial charge in [0.1, 0.15) is 0 Å². The Bertz CT molecular complexity index is 670. The SMILES string of the molecule is O=C(O)C1CN(S(=O)(=O)c2ccc3c(c2)CCC3)CCO1. The van der Waals surface area contributed by atoms with E-state index in [-0.39, 0.29) is 24.6 Å². The van der Waals surface area contributed by atoms with Crippen LogP contribution >= 0.6 is 0 Å². The Labute approximate surface area is 123 Å². The minimum atomic E-state index is -3.66. The summed E-state index contributed by atoms with van der Waals surface area (Å²) in [7, 11) is -3.66. The van der Waals surface area contributed by atoms with Crippen molar-refractivity contribution in [2.24, 2.45) is 0 Å². The Morgan fingerprint density at radius 3 is 2.81 bits per heavy atom. The molecule has 1 aromatic carbocycles. The van der Waals surface area contributed by atoms with Gasteiger partial charge in [0.05, 0.1) is 18.0 Å². The van der Waals surface area contributed by atoms with Gasteiger partial charge in [0.15, 0.2) is 6.10 Å². The molecule has 1 aliphatic heterocycles. The number of rotatable bonds is 3. The van der Waals surface area contributed by atoms with Gasteiger partial charge in [-0.15, -0.1) is 0 Å². The standard InChI is InChI=1S/C14H17NO5S/c16-14(17)13-9-15(6-7-20-13)21(18,19)12-5-4-10-2-1-3-11(10)8-12/h4-5,8,13H,1-3,6-7,9H2,(H,16,17). The second-order valence-corrected chi connectivity index (χ2v) is 7.28. The molecule has 1 atom stereocenters. The fourth-order valence-corrected chi connectivity index (χ4v) is 4.33. The molecule has 0 saturated carbocycles. The number of nitrogens with zero attached hydrogens (tertiary/aromatic N) is 1. The van der Waals surface area contributed by atoms with Crippen molar-refractivity contribution in [2.45, 2.75) is 30.3 Å². The number of ether oxygens (including phenoxy) is 1. The maximum atomic E-state index is 12.6. The average Bonchev–Trinajstić information content (AvgIpc) is 2.94. The van der Waals surface area contributed by atoms with E-state index in [1.165, 1.54) is 9.87 Å². The van der Waals surface area contributed by atoms with Crippen LogP contribution in [-0.2, 0) is 32.4 Å². The molecule has 0 aromatic heterocycles. The summed E-state index contributed by atoms with van der Waals surface area (Å²) in [5, 5.41) is 8.97. The van der Waals surface area contributed by atoms with Crippen LogP contribution in [0.4, 0.5) is 0 Å². The van der Waals surface area contributed by atoms with Crippen molar-refractivity contribution in [3.05, 3.63) is 29.3 Å². The Kier molecular flexibility index (Phi) is 3.73. The Balaban J connectivity index is 1.88. The predicted octanol–water partition coefficient (Wildman–Crippen LogP) is 0.649. The number of carboxylic acids is 1. The third-order valence-electron chi connectivity index (χ3n) is 4.01. The molecule has 0 bridgehead atoms. The first-order valence-electron chi connectivity index (χ1n) is 6.95. The highest BCUT2D eigenvalue weighted by atomic mass is 32.2. The number of carboxylic acid groups (broad SMARTS) is 1. The summed E-state index contributed by atoms with van der Waals surface area (Å²) < 4.78 is 31.5. The third-order valence-corrected chi connectivity index (χ3v) is 5.87. The topological polar surface area (TPSA) is 83.9 Å². The van der Waals surface area contributed by atoms with Crippen LogP contribution in [0.15, 0.2) is 23.1 Å². The van der Waals surface area contributed by atoms with Gasteiger partial charge in [-0.2, -0.15) is 4.31 Å². The van der Waals surface area contributed by atoms with E-state index in [1.807, 2.05) is 6.07 Å². The van der Waals surface area contributed by atoms with E-state index in [9.17, 15) is 13.2 Å². The summed E-state index contributed by atoms with van der Waals surface area (Å²) in [6.45, 7) is 0.138. The number of sulfonamides is 1. The number of morpholine rings is 1. The number of aliphatic carboxylic acids is 1. The summed E-state index contributed by atoms with van der Waals surface area (Å²) in [5.41, 5.74) is 2.29. The van der Waals surface area contributed by atoms with Gasteiger partial charge in [0.2, 0.25) is 10.0 Å². The number of hydrogen-bond donors (Lipinski definition) is 1. The van der Waals surface area contributed by atoms with Gasteiger partial charge in [-0.3, -0.25) is 0 Å². The lowest BCUT2D eigenvalue weighted by Gasteiger charge is -2.30. The number of carbonyl (C=O) groups is 1. The Hall–Kier alpha value is -1.44. The Morgan fingerprint density at radius 1 is 1.29 bits per heavy atom. The van der Waals surface area contributed by atoms with Gasteiger partial charge in [-0.1, -0.05) is 6.07 Å². The first kappa shape index (κ1) is 14.5. The maximum absolute atomic E-state index is 12.6. The van der Waals surface area contributed by atoms with Crippen molar-refractivity contribution in [1.29, 1.82) is 0 Å². The Morgan fingerprint density at radius 2 is 2.05 bits per heavy atom. The van der Waals surface area contributed by atoms with Crippen molar-refractivity contribution in [1.82, 2.24) is 4.31 Å². The molecule has 114 valence electrons. The van der Waals surface area contributed by atoms with Crippen LogP contribution in [0.1, 0.15) is 17.5 Å². The van der Waals surface area contributed by atoms with Crippen LogP contribution < -0.4 is 0 Å². The van der Waals surface area contributed by atoms with E-state index in [1.54, 1.807) is 12.1 Å². The normalized spacial score (nSPS) is 23.0. The van der Waals surface area contributed by atoms with Crippen molar-refractivity contribution < 1.29 is 23.1 Å². The molecule has 6 nitrogen and oxygen atoms in total. The van der Waals surface area contributed by atoms with Crippen molar-refractivity contribution >= 4 is 16.0 Å². The smallest absolute Gasteiger partial charge is 0.334 e. The van der Waals surface area contributed by atoms with E-state index < -0.39 is 22.1 Å². The molecular weight excluding hydrogens is 294 g/mol. The summed E-state index contributed by atoms with van der Waals surface area (Å²) in [5.74, 6) is -1.14. The third kappa shape index (κ3) is 2.68. The van der Waals surface area contributed by atoms with Gasteiger partial charge < -0.3 is 9.84 Å². The van der Waals surface area contributed by atoms with Crippen LogP contribution in [0.2, 0.25) is 0 Å². The second-order valence-electron chi connectivity index (χ2n) is 5.34. The zero-order valence-corrected chi connectivity index (χ0v) is 12.3. The molecule has 1 N–H and O–H groups in total. The van der Waals surface area contributed by atoms with Crippen molar-refractivity contribution in [3.63, 3.8) is 0 Å². The minimum absolute atomic E-state index is 0.0984. The molecule has 3 rings (SSSR count). The van der Waals surface area contributed by atoms with Gasteiger partial charge >= 0.3 is 5.97 Å². The number of hydrogen-bond acceptors (Lipinski definition) is 4. The molecule has 0 spiro atoms. The van der Waals surface area contributed by atoms with Crippen LogP contribution in [0.25, 0.3) is 0 Å². The first-order valence-corrected chi connectivity index (χ1v) is 8.39. The molecular formula is C14H17NO5S. The molecule has 1 aromatic rings. The number of fused-ring (bicyclic) bond motifs is 1. The summed E-state index contributed by atoms with van der Waals surface area (Å²) >= 11 is 0. The highest BCUT2D eigenvalue weighted by molar-refractivity contribution is 7.89. The van der Waals surface area contributed by atoms with E-state index in [4.69, 9.17) is 9.84 Å². The highest BCUT2D eigenvalue weighted by Crippen LogP contribution is 2.27. The van der Waals surface area contributed by atoms with E-state index in [0.717, 1.165) is 24.8 Å². The maximum Gasteiger partial charge on any atom is 0.334 e. The quantitative estimate of drug-likeness (QED) is 0.886. The molecule has 1 saturated heterocycles. The number of benzene rings is 1. The van der Waals surface area contributed by atoms with Crippen LogP contribution in [0, 0.1) is 0 Å². The molecule has 1 fully saturated rings. The summed E-state index contributed by atoms with van der Waals surface area (Å²) in [4.78, 5) is 11.2. The van der Waals surface area contributed by atoms with Gasteiger partial charge in [-0.05, 0) is 42.5 Å². The van der Waals surface area contributed by atoms with E-state index in [2.05, 4.69) is 0 Å². The molecule has 0 amide bonds. The fourth-order valence-electron chi connectivity index (χ4n) is 2.85. The lowest BCUT2D eigenvalue weighted by Crippen LogP contribution is -2.48. The zero-order valence-electron chi connectivity index (χ0n) is 11.5. The van der Waals surface area contributed by atoms with Gasteiger partial charge in [0, 0.05) is 6.54 Å². The minimum Gasteiger partial charge on any atom is -0.479 e. The molecule has 1 aliphatic carbocycles. The lowest BCUT2D eigenvalue weighted by atomic mass is 10.1. The highest BCUT2D eigenvalue weighted by Gasteiger charge is 2.34. The average molecular weight is 311 g/mol. The van der Waals surface area contributed by atoms with E-state index >= 15 is 0 Å². The molecule has 1 unspecified atom stereocenters. The van der Waals surface area contributed by atoms with Crippen LogP contribution in [-0.4, -0.2) is 49.6 Å². The van der Waals surface area contributed by atoms with Gasteiger partial charge in [-0.25, -0.2) is 13.2 Å². The molecule has 2 aliphatic rings. The summed E-state index contributed by atoms with van der Waals surface area (Å²) in [6, 6.07) is 5.21. The van der Waals surface area contributed by atoms with Crippen molar-refractivity contribution in [3.8, 4) is 0 Å². The molecule has 7 heteroatoms. The van der Waals surface area contributed by atoms with Crippen LogP contribution in [0.5, 0.6) is 0 Å². The van der Waals surface area contributed by atoms with Gasteiger partial charge in [0.25, 0.3) is 0 Å². The van der Waals surface area contributed by atoms with E-state index in [0.29, 0.717) is 0 Å². The van der Waals surface area contributed by atoms with Crippen molar-refractivity contribution in [2.75, 3.05) is 19.7 Å². The molecule has 21 heavy (non-hydrogen) atoms. The lowest BCUT2D eigenvalue weighted by molar-refractivity contribution is -0.153. The summed E-state index contributed by atoms with van der Waals surface area (Å²) in [6.07, 6.45) is 1.86. The fraction of sp³-hybridized carbons (Fsp3) is 0.500. The first-order chi connectivity index (χ1) is 9.98. The molecule has 0 radical (unpaired) electrons. The second kappa shape index (κ2) is 5.40. The number of aryl methyl sites for hydroxylation is 2. The van der Waals surface area contributed by atoms with Crippen LogP contribution in [0.3, 0.4) is 0 Å². The predicted molar refractivity (Wildman–Crippen MR) is 74.6 cm³/mol. The largest absolute Gasteiger partial charge is 0.479 e. The molecule has 1 heterocycles.